The molecule has 2 N–H and O–H groups in total. The van der Waals surface area contributed by atoms with Crippen LogP contribution < -0.4 is 10.6 Å². The Kier molecular flexibility index (Phi) is 9.53. The van der Waals surface area contributed by atoms with E-state index >= 15 is 0 Å². The molecule has 0 spiro atoms. The molecule has 1 aliphatic rings. The summed E-state index contributed by atoms with van der Waals surface area (Å²) in [5.74, 6) is 0.0775. The number of hydrogen-bond acceptors (Lipinski definition) is 5. The fraction of sp³-hybridized carbons (Fsp3) is 0.900. The Morgan fingerprint density at radius 1 is 1.22 bits per heavy atom. The van der Waals surface area contributed by atoms with Crippen molar-refractivity contribution in [3.63, 3.8) is 0 Å². The van der Waals surface area contributed by atoms with E-state index in [0.29, 0.717) is 18.7 Å². The van der Waals surface area contributed by atoms with Crippen LogP contribution in [0.15, 0.2) is 0 Å². The van der Waals surface area contributed by atoms with Gasteiger partial charge in [0, 0.05) is 31.2 Å². The molecule has 0 aromatic rings. The average molecular weight is 386 g/mol. The predicted octanol–water partition coefficient (Wildman–Crippen LogP) is 2.54. The van der Waals surface area contributed by atoms with Gasteiger partial charge >= 0.3 is 6.09 Å². The number of hydrogen-bond donors (Lipinski definition) is 2. The van der Waals surface area contributed by atoms with E-state index in [4.69, 9.17) is 9.47 Å². The van der Waals surface area contributed by atoms with Crippen molar-refractivity contribution in [2.24, 2.45) is 5.92 Å². The van der Waals surface area contributed by atoms with E-state index in [1.54, 1.807) is 27.9 Å². The van der Waals surface area contributed by atoms with Crippen LogP contribution in [-0.4, -0.2) is 67.4 Å². The summed E-state index contributed by atoms with van der Waals surface area (Å²) >= 11 is 0. The molecule has 0 aliphatic heterocycles. The normalized spacial score (nSPS) is 23.4. The Labute approximate surface area is 164 Å². The average Bonchev–Trinajstić information content (AvgIpc) is 2.54. The monoisotopic (exact) mass is 385 g/mol. The SMILES string of the molecule is CCN(C(C)C)[C@@H]1CC[C@H](NC(=O)CNC(=O)OC(C)(C)C)[C@H](COC)C1. The van der Waals surface area contributed by atoms with Gasteiger partial charge in [0.15, 0.2) is 0 Å². The van der Waals surface area contributed by atoms with Crippen LogP contribution in [0.1, 0.15) is 60.8 Å². The van der Waals surface area contributed by atoms with Gasteiger partial charge in [-0.25, -0.2) is 4.79 Å². The molecule has 0 aromatic heterocycles. The topological polar surface area (TPSA) is 79.9 Å². The van der Waals surface area contributed by atoms with Crippen LogP contribution in [0.25, 0.3) is 0 Å². The van der Waals surface area contributed by atoms with Crippen LogP contribution in [0.4, 0.5) is 4.79 Å². The van der Waals surface area contributed by atoms with Crippen molar-refractivity contribution in [2.45, 2.75) is 84.5 Å². The molecule has 1 rings (SSSR count). The van der Waals surface area contributed by atoms with Gasteiger partial charge in [0.25, 0.3) is 0 Å². The minimum atomic E-state index is -0.579. The van der Waals surface area contributed by atoms with Crippen molar-refractivity contribution in [3.05, 3.63) is 0 Å². The highest BCUT2D eigenvalue weighted by atomic mass is 16.6. The summed E-state index contributed by atoms with van der Waals surface area (Å²) in [4.78, 5) is 26.5. The summed E-state index contributed by atoms with van der Waals surface area (Å²) in [5, 5.41) is 5.58. The molecule has 0 radical (unpaired) electrons. The molecule has 1 saturated carbocycles. The fourth-order valence-electron chi connectivity index (χ4n) is 3.90. The van der Waals surface area contributed by atoms with Crippen molar-refractivity contribution in [2.75, 3.05) is 26.8 Å². The maximum Gasteiger partial charge on any atom is 0.408 e. The zero-order valence-corrected chi connectivity index (χ0v) is 18.1. The highest BCUT2D eigenvalue weighted by molar-refractivity contribution is 5.82. The van der Waals surface area contributed by atoms with Gasteiger partial charge in [-0.3, -0.25) is 9.69 Å². The predicted molar refractivity (Wildman–Crippen MR) is 107 cm³/mol. The second-order valence-electron chi connectivity index (χ2n) is 8.64. The molecule has 0 unspecified atom stereocenters. The lowest BCUT2D eigenvalue weighted by Gasteiger charge is -2.42. The number of ether oxygens (including phenoxy) is 2. The molecule has 1 fully saturated rings. The molecule has 1 aliphatic carbocycles. The number of alkyl carbamates (subject to hydrolysis) is 1. The lowest BCUT2D eigenvalue weighted by molar-refractivity contribution is -0.122. The van der Waals surface area contributed by atoms with Crippen LogP contribution in [0.5, 0.6) is 0 Å². The van der Waals surface area contributed by atoms with Gasteiger partial charge in [0.05, 0.1) is 6.61 Å². The van der Waals surface area contributed by atoms with Gasteiger partial charge in [-0.2, -0.15) is 0 Å². The summed E-state index contributed by atoms with van der Waals surface area (Å²) in [5.41, 5.74) is -0.579. The summed E-state index contributed by atoms with van der Waals surface area (Å²) in [7, 11) is 1.70. The van der Waals surface area contributed by atoms with Gasteiger partial charge in [-0.1, -0.05) is 6.92 Å². The third kappa shape index (κ3) is 8.47. The first-order valence-electron chi connectivity index (χ1n) is 10.1. The Hall–Kier alpha value is -1.34. The number of rotatable bonds is 8. The molecular weight excluding hydrogens is 346 g/mol. The zero-order chi connectivity index (χ0) is 20.6. The molecule has 3 atom stereocenters. The van der Waals surface area contributed by atoms with E-state index in [1.165, 1.54) is 0 Å². The number of methoxy groups -OCH3 is 1. The highest BCUT2D eigenvalue weighted by Crippen LogP contribution is 2.29. The molecule has 7 nitrogen and oxygen atoms in total. The Balaban J connectivity index is 2.56. The summed E-state index contributed by atoms with van der Waals surface area (Å²) in [6.07, 6.45) is 2.39. The Morgan fingerprint density at radius 2 is 1.89 bits per heavy atom. The third-order valence-corrected chi connectivity index (χ3v) is 4.97. The Morgan fingerprint density at radius 3 is 2.41 bits per heavy atom. The lowest BCUT2D eigenvalue weighted by Crippen LogP contribution is -2.52. The smallest absolute Gasteiger partial charge is 0.408 e. The van der Waals surface area contributed by atoms with Crippen LogP contribution in [0, 0.1) is 5.92 Å². The van der Waals surface area contributed by atoms with Crippen LogP contribution >= 0.6 is 0 Å². The van der Waals surface area contributed by atoms with E-state index in [2.05, 4.69) is 36.3 Å². The van der Waals surface area contributed by atoms with Crippen molar-refractivity contribution < 1.29 is 19.1 Å². The van der Waals surface area contributed by atoms with E-state index < -0.39 is 11.7 Å². The first-order valence-corrected chi connectivity index (χ1v) is 10.1. The van der Waals surface area contributed by atoms with Gasteiger partial charge in [-0.15, -0.1) is 0 Å². The van der Waals surface area contributed by atoms with Crippen molar-refractivity contribution >= 4 is 12.0 Å². The fourth-order valence-corrected chi connectivity index (χ4v) is 3.90. The standard InChI is InChI=1S/C20H39N3O4/c1-8-23(14(2)3)16-9-10-17(15(11-16)13-26-7)22-18(24)12-21-19(25)27-20(4,5)6/h14-17H,8-13H2,1-7H3,(H,21,25)(H,22,24)/t15-,16+,17-/m0/s1. The lowest BCUT2D eigenvalue weighted by atomic mass is 9.80. The van der Waals surface area contributed by atoms with E-state index in [0.717, 1.165) is 25.8 Å². The van der Waals surface area contributed by atoms with Crippen molar-refractivity contribution in [1.82, 2.24) is 15.5 Å². The molecule has 0 bridgehead atoms. The maximum absolute atomic E-state index is 12.3. The summed E-state index contributed by atoms with van der Waals surface area (Å²) in [6.45, 7) is 13.6. The number of amides is 2. The molecule has 0 heterocycles. The van der Waals surface area contributed by atoms with E-state index in [-0.39, 0.29) is 24.4 Å². The zero-order valence-electron chi connectivity index (χ0n) is 18.1. The molecule has 27 heavy (non-hydrogen) atoms. The van der Waals surface area contributed by atoms with Crippen LogP contribution in [0.3, 0.4) is 0 Å². The van der Waals surface area contributed by atoms with Crippen LogP contribution in [0.2, 0.25) is 0 Å². The molecule has 2 amide bonds. The quantitative estimate of drug-likeness (QED) is 0.671. The largest absolute Gasteiger partial charge is 0.444 e. The molecule has 158 valence electrons. The maximum atomic E-state index is 12.3. The molecule has 0 saturated heterocycles. The van der Waals surface area contributed by atoms with E-state index in [9.17, 15) is 9.59 Å². The van der Waals surface area contributed by atoms with Crippen molar-refractivity contribution in [3.8, 4) is 0 Å². The second kappa shape index (κ2) is 10.9. The molecular formula is C20H39N3O4. The van der Waals surface area contributed by atoms with Gasteiger partial charge in [0.1, 0.15) is 12.1 Å². The van der Waals surface area contributed by atoms with Gasteiger partial charge in [0.2, 0.25) is 5.91 Å². The highest BCUT2D eigenvalue weighted by Gasteiger charge is 2.34. The van der Waals surface area contributed by atoms with E-state index in [1.807, 2.05) is 0 Å². The first-order chi connectivity index (χ1) is 12.6. The third-order valence-electron chi connectivity index (χ3n) is 4.97. The number of nitrogens with one attached hydrogen (secondary N) is 2. The van der Waals surface area contributed by atoms with Crippen molar-refractivity contribution in [1.29, 1.82) is 0 Å². The molecule has 7 heteroatoms. The minimum Gasteiger partial charge on any atom is -0.444 e. The number of carbonyl (C=O) groups is 2. The second-order valence-corrected chi connectivity index (χ2v) is 8.64. The Bertz CT molecular complexity index is 476. The first kappa shape index (κ1) is 23.7. The molecule has 0 aromatic carbocycles. The number of nitrogens with zero attached hydrogens (tertiary/aromatic N) is 1. The number of carbonyl (C=O) groups excluding carboxylic acids is 2. The van der Waals surface area contributed by atoms with Crippen LogP contribution in [-0.2, 0) is 14.3 Å². The van der Waals surface area contributed by atoms with Gasteiger partial charge in [-0.05, 0) is 60.4 Å². The van der Waals surface area contributed by atoms with Gasteiger partial charge < -0.3 is 20.1 Å². The summed E-state index contributed by atoms with van der Waals surface area (Å²) in [6, 6.07) is 1.09. The summed E-state index contributed by atoms with van der Waals surface area (Å²) < 4.78 is 10.6. The minimum absolute atomic E-state index is 0.0694.